The molecule has 0 aliphatic heterocycles. The molecule has 0 aliphatic carbocycles. The Bertz CT molecular complexity index is 752. The Balaban J connectivity index is 4.73. The van der Waals surface area contributed by atoms with Gasteiger partial charge in [-0.05, 0) is 32.6 Å². The Labute approximate surface area is 196 Å². The fourth-order valence-corrected chi connectivity index (χ4v) is 2.56. The molecule has 0 aromatic heterocycles. The molecule has 0 saturated carbocycles. The van der Waals surface area contributed by atoms with E-state index in [9.17, 15) is 29.4 Å². The Morgan fingerprint density at radius 2 is 1.29 bits per heavy atom. The normalized spacial score (nSPS) is 14.0. The van der Waals surface area contributed by atoms with Crippen LogP contribution in [0.4, 0.5) is 0 Å². The first-order valence-electron chi connectivity index (χ1n) is 10.5. The molecule has 0 rings (SSSR count). The van der Waals surface area contributed by atoms with Gasteiger partial charge in [-0.15, -0.1) is 0 Å². The smallest absolute Gasteiger partial charge is 0.326 e. The van der Waals surface area contributed by atoms with Gasteiger partial charge in [0, 0.05) is 13.1 Å². The quantitative estimate of drug-likeness (QED) is 0.0556. The fraction of sp³-hybridized carbons (Fsp3) is 0.667. The van der Waals surface area contributed by atoms with Gasteiger partial charge in [0.1, 0.15) is 18.1 Å². The summed E-state index contributed by atoms with van der Waals surface area (Å²) in [4.78, 5) is 55.7. The highest BCUT2D eigenvalue weighted by molar-refractivity contribution is 5.93. The van der Waals surface area contributed by atoms with E-state index in [0.29, 0.717) is 12.8 Å². The van der Waals surface area contributed by atoms with E-state index in [-0.39, 0.29) is 37.9 Å². The summed E-state index contributed by atoms with van der Waals surface area (Å²) >= 11 is 0. The van der Waals surface area contributed by atoms with Crippen LogP contribution in [0.15, 0.2) is 9.98 Å². The van der Waals surface area contributed by atoms with Crippen LogP contribution >= 0.6 is 0 Å². The number of nitrogens with zero attached hydrogens (tertiary/aromatic N) is 2. The lowest BCUT2D eigenvalue weighted by molar-refractivity contribution is -0.142. The highest BCUT2D eigenvalue weighted by Crippen LogP contribution is 2.00. The van der Waals surface area contributed by atoms with Gasteiger partial charge >= 0.3 is 5.97 Å². The first-order valence-corrected chi connectivity index (χ1v) is 10.5. The van der Waals surface area contributed by atoms with Crippen LogP contribution in [0, 0.1) is 0 Å². The predicted molar refractivity (Wildman–Crippen MR) is 124 cm³/mol. The van der Waals surface area contributed by atoms with Crippen LogP contribution in [0.5, 0.6) is 0 Å². The summed E-state index contributed by atoms with van der Waals surface area (Å²) in [7, 11) is 0. The second kappa shape index (κ2) is 16.0. The third-order valence-corrected chi connectivity index (χ3v) is 4.43. The first kappa shape index (κ1) is 30.3. The molecule has 0 bridgehead atoms. The van der Waals surface area contributed by atoms with E-state index in [0.717, 1.165) is 0 Å². The highest BCUT2D eigenvalue weighted by atomic mass is 16.4. The summed E-state index contributed by atoms with van der Waals surface area (Å²) < 4.78 is 0. The maximum atomic E-state index is 12.4. The lowest BCUT2D eigenvalue weighted by atomic mass is 10.1. The number of aliphatic hydroxyl groups excluding tert-OH is 1. The van der Waals surface area contributed by atoms with Gasteiger partial charge in [-0.1, -0.05) is 0 Å². The van der Waals surface area contributed by atoms with E-state index in [1.165, 1.54) is 6.92 Å². The highest BCUT2D eigenvalue weighted by Gasteiger charge is 2.27. The molecule has 16 nitrogen and oxygen atoms in total. The minimum atomic E-state index is -1.37. The van der Waals surface area contributed by atoms with Crippen LogP contribution in [-0.4, -0.2) is 89.7 Å². The molecule has 0 saturated heterocycles. The van der Waals surface area contributed by atoms with Crippen molar-refractivity contribution < 1.29 is 29.4 Å². The van der Waals surface area contributed by atoms with Crippen LogP contribution in [0.3, 0.4) is 0 Å². The van der Waals surface area contributed by atoms with Gasteiger partial charge in [0.2, 0.25) is 17.7 Å². The van der Waals surface area contributed by atoms with Crippen molar-refractivity contribution in [2.45, 2.75) is 56.8 Å². The summed E-state index contributed by atoms with van der Waals surface area (Å²) in [5, 5.41) is 25.6. The SMILES string of the molecule is CC(NC(=O)C(CO)NC(=O)C(N)CCCN=C(N)N)C(=O)NC(CCCN=C(N)N)C(=O)O. The maximum absolute atomic E-state index is 12.4. The van der Waals surface area contributed by atoms with E-state index < -0.39 is 54.5 Å². The number of rotatable bonds is 16. The summed E-state index contributed by atoms with van der Waals surface area (Å²) in [5.41, 5.74) is 26.5. The van der Waals surface area contributed by atoms with Gasteiger partial charge in [-0.2, -0.15) is 0 Å². The van der Waals surface area contributed by atoms with Crippen molar-refractivity contribution in [3.05, 3.63) is 0 Å². The zero-order chi connectivity index (χ0) is 26.3. The topological polar surface area (TPSA) is 300 Å². The summed E-state index contributed by atoms with van der Waals surface area (Å²) in [5.74, 6) is -3.82. The monoisotopic (exact) mass is 488 g/mol. The molecule has 0 aromatic carbocycles. The van der Waals surface area contributed by atoms with E-state index in [1.807, 2.05) is 0 Å². The van der Waals surface area contributed by atoms with Gasteiger partial charge in [-0.3, -0.25) is 24.4 Å². The molecule has 3 amide bonds. The number of carboxylic acid groups (broad SMARTS) is 1. The molecule has 194 valence electrons. The third-order valence-electron chi connectivity index (χ3n) is 4.43. The Kier molecular flexibility index (Phi) is 14.3. The minimum Gasteiger partial charge on any atom is -0.480 e. The van der Waals surface area contributed by atoms with E-state index in [4.69, 9.17) is 28.7 Å². The van der Waals surface area contributed by atoms with Gasteiger partial charge < -0.3 is 54.8 Å². The van der Waals surface area contributed by atoms with Crippen molar-refractivity contribution in [1.82, 2.24) is 16.0 Å². The van der Waals surface area contributed by atoms with E-state index >= 15 is 0 Å². The van der Waals surface area contributed by atoms with Crippen molar-refractivity contribution >= 4 is 35.6 Å². The first-order chi connectivity index (χ1) is 15.9. The van der Waals surface area contributed by atoms with Crippen molar-refractivity contribution in [1.29, 1.82) is 0 Å². The minimum absolute atomic E-state index is 0.0505. The van der Waals surface area contributed by atoms with E-state index in [2.05, 4.69) is 25.9 Å². The zero-order valence-corrected chi connectivity index (χ0v) is 19.1. The number of nitrogens with two attached hydrogens (primary N) is 5. The number of hydrogen-bond donors (Lipinski definition) is 10. The molecular formula is C18H36N10O6. The number of guanidine groups is 2. The second-order valence-electron chi connectivity index (χ2n) is 7.38. The van der Waals surface area contributed by atoms with Crippen molar-refractivity contribution in [3.63, 3.8) is 0 Å². The van der Waals surface area contributed by atoms with Gasteiger partial charge in [0.25, 0.3) is 0 Å². The average Bonchev–Trinajstić information content (AvgIpc) is 2.75. The van der Waals surface area contributed by atoms with Gasteiger partial charge in [-0.25, -0.2) is 4.79 Å². The van der Waals surface area contributed by atoms with Crippen LogP contribution in [0.25, 0.3) is 0 Å². The van der Waals surface area contributed by atoms with Crippen molar-refractivity contribution in [2.24, 2.45) is 38.7 Å². The third kappa shape index (κ3) is 13.0. The lowest BCUT2D eigenvalue weighted by Crippen LogP contribution is -2.57. The molecule has 0 aliphatic rings. The van der Waals surface area contributed by atoms with Crippen LogP contribution in [0.2, 0.25) is 0 Å². The predicted octanol–water partition coefficient (Wildman–Crippen LogP) is -5.03. The largest absolute Gasteiger partial charge is 0.480 e. The Morgan fingerprint density at radius 1 is 0.794 bits per heavy atom. The number of aliphatic carboxylic acids is 1. The number of carbonyl (C=O) groups excluding carboxylic acids is 3. The molecule has 0 radical (unpaired) electrons. The zero-order valence-electron chi connectivity index (χ0n) is 19.1. The van der Waals surface area contributed by atoms with Crippen LogP contribution in [-0.2, 0) is 19.2 Å². The number of amides is 3. The molecule has 15 N–H and O–H groups in total. The second-order valence-corrected chi connectivity index (χ2v) is 7.38. The summed E-state index contributed by atoms with van der Waals surface area (Å²) in [6, 6.07) is -4.74. The fourth-order valence-electron chi connectivity index (χ4n) is 2.56. The molecule has 4 unspecified atom stereocenters. The summed E-state index contributed by atoms with van der Waals surface area (Å²) in [6.07, 6.45) is 0.979. The molecular weight excluding hydrogens is 452 g/mol. The molecule has 0 heterocycles. The number of carbonyl (C=O) groups is 4. The Morgan fingerprint density at radius 3 is 1.76 bits per heavy atom. The number of hydrogen-bond acceptors (Lipinski definition) is 8. The molecule has 0 fully saturated rings. The Hall–Kier alpha value is -3.66. The van der Waals surface area contributed by atoms with Crippen molar-refractivity contribution in [2.75, 3.05) is 19.7 Å². The number of nitrogens with one attached hydrogen (secondary N) is 3. The average molecular weight is 489 g/mol. The lowest BCUT2D eigenvalue weighted by Gasteiger charge is -2.22. The van der Waals surface area contributed by atoms with Gasteiger partial charge in [0.15, 0.2) is 11.9 Å². The number of carboxylic acids is 1. The number of aliphatic imine (C=N–C) groups is 2. The molecule has 4 atom stereocenters. The molecule has 16 heteroatoms. The standard InChI is InChI=1S/C18H36N10O6/c1-9(13(30)27-11(16(33)34)5-3-7-25-18(22)23)26-15(32)12(8-29)28-14(31)10(19)4-2-6-24-17(20)21/h9-12,29H,2-8,19H2,1H3,(H,26,32)(H,27,30)(H,28,31)(H,33,34)(H4,20,21,24)(H4,22,23,25). The molecule has 0 aromatic rings. The van der Waals surface area contributed by atoms with Crippen LogP contribution in [0.1, 0.15) is 32.6 Å². The molecule has 34 heavy (non-hydrogen) atoms. The number of aliphatic hydroxyl groups is 1. The summed E-state index contributed by atoms with van der Waals surface area (Å²) in [6.45, 7) is 1.01. The van der Waals surface area contributed by atoms with Gasteiger partial charge in [0.05, 0.1) is 12.6 Å². The van der Waals surface area contributed by atoms with E-state index in [1.54, 1.807) is 0 Å². The van der Waals surface area contributed by atoms with Crippen molar-refractivity contribution in [3.8, 4) is 0 Å². The molecule has 0 spiro atoms. The maximum Gasteiger partial charge on any atom is 0.326 e. The van der Waals surface area contributed by atoms with Crippen LogP contribution < -0.4 is 44.6 Å².